The number of ether oxygens (including phenoxy) is 3. The molecule has 1 amide bonds. The predicted molar refractivity (Wildman–Crippen MR) is 113 cm³/mol. The minimum Gasteiger partial charge on any atom is -0.495 e. The van der Waals surface area contributed by atoms with Crippen LogP contribution in [0.4, 0.5) is 5.69 Å². The summed E-state index contributed by atoms with van der Waals surface area (Å²) in [5.41, 5.74) is 1.18. The number of benzene rings is 2. The van der Waals surface area contributed by atoms with Crippen molar-refractivity contribution in [3.8, 4) is 11.5 Å². The number of nitrogens with one attached hydrogen (secondary N) is 1. The number of hydrogen-bond acceptors (Lipinski definition) is 5. The highest BCUT2D eigenvalue weighted by atomic mass is 35.5. The molecule has 0 spiro atoms. The van der Waals surface area contributed by atoms with Crippen LogP contribution in [-0.2, 0) is 14.3 Å². The Morgan fingerprint density at radius 2 is 1.93 bits per heavy atom. The first kappa shape index (κ1) is 22.0. The molecule has 0 heterocycles. The van der Waals surface area contributed by atoms with E-state index in [0.717, 1.165) is 5.56 Å². The maximum Gasteiger partial charge on any atom is 0.331 e. The van der Waals surface area contributed by atoms with E-state index in [-0.39, 0.29) is 0 Å². The summed E-state index contributed by atoms with van der Waals surface area (Å²) in [6.07, 6.45) is 3.49. The van der Waals surface area contributed by atoms with E-state index >= 15 is 0 Å². The Bertz CT molecular complexity index is 893. The molecule has 0 aromatic heterocycles. The molecule has 0 unspecified atom stereocenters. The van der Waals surface area contributed by atoms with Crippen molar-refractivity contribution in [2.24, 2.45) is 0 Å². The number of carbonyl (C=O) groups is 2. The normalized spacial score (nSPS) is 11.6. The summed E-state index contributed by atoms with van der Waals surface area (Å²) in [5.74, 6) is 0.00165. The van der Waals surface area contributed by atoms with Gasteiger partial charge in [0.2, 0.25) is 0 Å². The average molecular weight is 416 g/mol. The Morgan fingerprint density at radius 3 is 2.59 bits per heavy atom. The highest BCUT2D eigenvalue weighted by Gasteiger charge is 2.18. The standard InChI is InChI=1S/C22H22ClNO5/c1-4-13-28-18-9-5-16(6-10-18)7-12-21(25)29-15(2)22(26)24-19-14-17(23)8-11-20(19)27-3/h4-12,14-15H,1,13H2,2-3H3,(H,24,26)/b12-7+/t15-/m0/s1. The van der Waals surface area contributed by atoms with Crippen molar-refractivity contribution in [1.82, 2.24) is 0 Å². The van der Waals surface area contributed by atoms with Gasteiger partial charge in [0.15, 0.2) is 6.10 Å². The molecule has 2 aromatic carbocycles. The number of rotatable bonds is 9. The van der Waals surface area contributed by atoms with Gasteiger partial charge in [-0.25, -0.2) is 4.79 Å². The molecule has 0 aliphatic heterocycles. The number of anilines is 1. The summed E-state index contributed by atoms with van der Waals surface area (Å²) >= 11 is 5.94. The molecule has 1 atom stereocenters. The molecule has 0 fully saturated rings. The van der Waals surface area contributed by atoms with Crippen LogP contribution in [0.1, 0.15) is 12.5 Å². The van der Waals surface area contributed by atoms with Crippen molar-refractivity contribution < 1.29 is 23.8 Å². The molecule has 2 rings (SSSR count). The summed E-state index contributed by atoms with van der Waals surface area (Å²) in [5, 5.41) is 3.07. The zero-order chi connectivity index (χ0) is 21.2. The van der Waals surface area contributed by atoms with Crippen LogP contribution in [0.15, 0.2) is 61.2 Å². The maximum atomic E-state index is 12.3. The highest BCUT2D eigenvalue weighted by molar-refractivity contribution is 6.31. The van der Waals surface area contributed by atoms with Crippen LogP contribution in [0.5, 0.6) is 11.5 Å². The molecule has 152 valence electrons. The Balaban J connectivity index is 1.91. The van der Waals surface area contributed by atoms with Crippen LogP contribution in [0.2, 0.25) is 5.02 Å². The third kappa shape index (κ3) is 7.01. The lowest BCUT2D eigenvalue weighted by atomic mass is 10.2. The van der Waals surface area contributed by atoms with E-state index in [2.05, 4.69) is 11.9 Å². The largest absolute Gasteiger partial charge is 0.495 e. The fraction of sp³-hybridized carbons (Fsp3) is 0.182. The fourth-order valence-electron chi connectivity index (χ4n) is 2.27. The van der Waals surface area contributed by atoms with Gasteiger partial charge in [-0.3, -0.25) is 4.79 Å². The van der Waals surface area contributed by atoms with Crippen molar-refractivity contribution in [1.29, 1.82) is 0 Å². The lowest BCUT2D eigenvalue weighted by molar-refractivity contribution is -0.148. The summed E-state index contributed by atoms with van der Waals surface area (Å²) in [6, 6.07) is 12.0. The van der Waals surface area contributed by atoms with Crippen LogP contribution >= 0.6 is 11.6 Å². The molecule has 0 aliphatic carbocycles. The van der Waals surface area contributed by atoms with Crippen LogP contribution < -0.4 is 14.8 Å². The molecule has 29 heavy (non-hydrogen) atoms. The molecule has 0 saturated carbocycles. The van der Waals surface area contributed by atoms with Gasteiger partial charge in [-0.05, 0) is 48.9 Å². The molecule has 6 nitrogen and oxygen atoms in total. The first-order valence-corrected chi connectivity index (χ1v) is 9.17. The van der Waals surface area contributed by atoms with Crippen LogP contribution in [0.3, 0.4) is 0 Å². The summed E-state index contributed by atoms with van der Waals surface area (Å²) in [6.45, 7) is 5.48. The lowest BCUT2D eigenvalue weighted by Gasteiger charge is -2.14. The second-order valence-corrected chi connectivity index (χ2v) is 6.35. The van der Waals surface area contributed by atoms with E-state index < -0.39 is 18.0 Å². The zero-order valence-electron chi connectivity index (χ0n) is 16.2. The Hall–Kier alpha value is -3.25. The maximum absolute atomic E-state index is 12.3. The van der Waals surface area contributed by atoms with E-state index in [9.17, 15) is 9.59 Å². The molecular formula is C22H22ClNO5. The van der Waals surface area contributed by atoms with Crippen LogP contribution in [-0.4, -0.2) is 31.7 Å². The molecule has 0 radical (unpaired) electrons. The van der Waals surface area contributed by atoms with Gasteiger partial charge in [0.1, 0.15) is 18.1 Å². The number of halogens is 1. The monoisotopic (exact) mass is 415 g/mol. The smallest absolute Gasteiger partial charge is 0.331 e. The molecule has 2 aromatic rings. The van der Waals surface area contributed by atoms with Crippen molar-refractivity contribution in [2.45, 2.75) is 13.0 Å². The summed E-state index contributed by atoms with van der Waals surface area (Å²) in [7, 11) is 1.48. The third-order valence-corrected chi connectivity index (χ3v) is 3.98. The molecule has 0 bridgehead atoms. The Kier molecular flexibility index (Phi) is 8.30. The molecule has 0 aliphatic rings. The fourth-order valence-corrected chi connectivity index (χ4v) is 2.45. The number of carbonyl (C=O) groups excluding carboxylic acids is 2. The molecule has 7 heteroatoms. The van der Waals surface area contributed by atoms with Crippen molar-refractivity contribution >= 4 is 35.2 Å². The number of esters is 1. The van der Waals surface area contributed by atoms with Gasteiger partial charge in [-0.1, -0.05) is 36.4 Å². The summed E-state index contributed by atoms with van der Waals surface area (Å²) in [4.78, 5) is 24.3. The van der Waals surface area contributed by atoms with Crippen LogP contribution in [0, 0.1) is 0 Å². The van der Waals surface area contributed by atoms with E-state index in [1.165, 1.54) is 20.1 Å². The number of amides is 1. The van der Waals surface area contributed by atoms with Gasteiger partial charge >= 0.3 is 5.97 Å². The van der Waals surface area contributed by atoms with E-state index in [4.69, 9.17) is 25.8 Å². The Labute approximate surface area is 174 Å². The third-order valence-electron chi connectivity index (χ3n) is 3.74. The quantitative estimate of drug-likeness (QED) is 0.371. The van der Waals surface area contributed by atoms with Gasteiger partial charge in [-0.15, -0.1) is 0 Å². The van der Waals surface area contributed by atoms with Crippen molar-refractivity contribution in [3.05, 3.63) is 71.8 Å². The SMILES string of the molecule is C=CCOc1ccc(/C=C/C(=O)O[C@@H](C)C(=O)Nc2cc(Cl)ccc2OC)cc1. The first-order chi connectivity index (χ1) is 13.9. The lowest BCUT2D eigenvalue weighted by Crippen LogP contribution is -2.29. The molecule has 0 saturated heterocycles. The summed E-state index contributed by atoms with van der Waals surface area (Å²) < 4.78 is 15.7. The highest BCUT2D eigenvalue weighted by Crippen LogP contribution is 2.27. The van der Waals surface area contributed by atoms with Gasteiger partial charge in [-0.2, -0.15) is 0 Å². The Morgan fingerprint density at radius 1 is 1.21 bits per heavy atom. The van der Waals surface area contributed by atoms with Gasteiger partial charge in [0, 0.05) is 11.1 Å². The van der Waals surface area contributed by atoms with Gasteiger partial charge in [0.05, 0.1) is 12.8 Å². The van der Waals surface area contributed by atoms with Gasteiger partial charge < -0.3 is 19.5 Å². The van der Waals surface area contributed by atoms with Crippen LogP contribution in [0.25, 0.3) is 6.08 Å². The molecule has 1 N–H and O–H groups in total. The predicted octanol–water partition coefficient (Wildman–Crippen LogP) is 4.50. The van der Waals surface area contributed by atoms with E-state index in [1.54, 1.807) is 54.6 Å². The molecular weight excluding hydrogens is 394 g/mol. The van der Waals surface area contributed by atoms with E-state index in [0.29, 0.717) is 28.8 Å². The first-order valence-electron chi connectivity index (χ1n) is 8.79. The number of hydrogen-bond donors (Lipinski definition) is 1. The zero-order valence-corrected chi connectivity index (χ0v) is 16.9. The topological polar surface area (TPSA) is 73.9 Å². The van der Waals surface area contributed by atoms with Crippen molar-refractivity contribution in [3.63, 3.8) is 0 Å². The second-order valence-electron chi connectivity index (χ2n) is 5.92. The van der Waals surface area contributed by atoms with Gasteiger partial charge in [0.25, 0.3) is 5.91 Å². The van der Waals surface area contributed by atoms with E-state index in [1.807, 2.05) is 0 Å². The van der Waals surface area contributed by atoms with Crippen molar-refractivity contribution in [2.75, 3.05) is 19.0 Å². The number of methoxy groups -OCH3 is 1. The minimum absolute atomic E-state index is 0.391. The average Bonchev–Trinajstić information content (AvgIpc) is 2.71. The minimum atomic E-state index is -1.01. The second kappa shape index (κ2) is 10.9.